The third-order valence-corrected chi connectivity index (χ3v) is 1.94. The lowest BCUT2D eigenvalue weighted by atomic mass is 10.1. The number of nitrogens with zero attached hydrogens (tertiary/aromatic N) is 2. The summed E-state index contributed by atoms with van der Waals surface area (Å²) >= 11 is 0. The Morgan fingerprint density at radius 3 is 2.15 bits per heavy atom. The zero-order chi connectivity index (χ0) is 9.84. The average molecular weight is 182 g/mol. The number of aryl methyl sites for hydroxylation is 2. The summed E-state index contributed by atoms with van der Waals surface area (Å²) in [7, 11) is 1.54. The van der Waals surface area contributed by atoms with Crippen molar-refractivity contribution in [3.63, 3.8) is 0 Å². The number of aliphatic hydroxyl groups excluding tert-OH is 1. The number of hydrogen-bond acceptors (Lipinski definition) is 4. The average Bonchev–Trinajstić information content (AvgIpc) is 2.11. The first-order chi connectivity index (χ1) is 6.19. The smallest absolute Gasteiger partial charge is 0.316 e. The molecule has 72 valence electrons. The van der Waals surface area contributed by atoms with Gasteiger partial charge in [-0.3, -0.25) is 0 Å². The molecular formula is C9H14N2O2. The van der Waals surface area contributed by atoms with Gasteiger partial charge in [0, 0.05) is 18.0 Å². The second-order valence-corrected chi connectivity index (χ2v) is 2.83. The van der Waals surface area contributed by atoms with Gasteiger partial charge in [0.2, 0.25) is 0 Å². The molecule has 0 amide bonds. The second kappa shape index (κ2) is 4.18. The molecule has 1 aromatic heterocycles. The number of aliphatic hydroxyl groups is 1. The van der Waals surface area contributed by atoms with Crippen LogP contribution in [0, 0.1) is 13.8 Å². The number of aromatic nitrogens is 2. The fraction of sp³-hybridized carbons (Fsp3) is 0.556. The number of methoxy groups -OCH3 is 1. The number of rotatable bonds is 3. The Bertz CT molecular complexity index is 277. The normalized spacial score (nSPS) is 10.2. The van der Waals surface area contributed by atoms with E-state index in [1.807, 2.05) is 13.8 Å². The highest BCUT2D eigenvalue weighted by Crippen LogP contribution is 2.13. The summed E-state index contributed by atoms with van der Waals surface area (Å²) < 4.78 is 4.92. The molecule has 0 spiro atoms. The molecule has 4 heteroatoms. The molecule has 1 rings (SSSR count). The van der Waals surface area contributed by atoms with E-state index >= 15 is 0 Å². The fourth-order valence-electron chi connectivity index (χ4n) is 1.27. The molecule has 0 saturated carbocycles. The zero-order valence-corrected chi connectivity index (χ0v) is 8.16. The van der Waals surface area contributed by atoms with Crippen LogP contribution in [0.4, 0.5) is 0 Å². The SMILES string of the molecule is COc1nc(C)c(CCO)c(C)n1. The summed E-state index contributed by atoms with van der Waals surface area (Å²) in [5, 5.41) is 8.81. The van der Waals surface area contributed by atoms with Crippen molar-refractivity contribution in [1.82, 2.24) is 9.97 Å². The van der Waals surface area contributed by atoms with Crippen LogP contribution in [0.5, 0.6) is 6.01 Å². The molecule has 0 aromatic carbocycles. The fourth-order valence-corrected chi connectivity index (χ4v) is 1.27. The molecule has 0 fully saturated rings. The van der Waals surface area contributed by atoms with Gasteiger partial charge >= 0.3 is 6.01 Å². The molecule has 13 heavy (non-hydrogen) atoms. The molecule has 0 saturated heterocycles. The summed E-state index contributed by atoms with van der Waals surface area (Å²) in [6, 6.07) is 0.386. The summed E-state index contributed by atoms with van der Waals surface area (Å²) in [6.07, 6.45) is 0.599. The highest BCUT2D eigenvalue weighted by molar-refractivity contribution is 5.25. The molecular weight excluding hydrogens is 168 g/mol. The van der Waals surface area contributed by atoms with Crippen molar-refractivity contribution < 1.29 is 9.84 Å². The second-order valence-electron chi connectivity index (χ2n) is 2.83. The van der Waals surface area contributed by atoms with Gasteiger partial charge in [-0.1, -0.05) is 0 Å². The first-order valence-corrected chi connectivity index (χ1v) is 4.18. The highest BCUT2D eigenvalue weighted by Gasteiger charge is 2.07. The van der Waals surface area contributed by atoms with Gasteiger partial charge in [0.25, 0.3) is 0 Å². The lowest BCUT2D eigenvalue weighted by Crippen LogP contribution is -2.04. The van der Waals surface area contributed by atoms with Gasteiger partial charge in [-0.25, -0.2) is 9.97 Å². The summed E-state index contributed by atoms with van der Waals surface area (Å²) in [5.41, 5.74) is 2.75. The Kier molecular flexibility index (Phi) is 3.19. The third-order valence-electron chi connectivity index (χ3n) is 1.94. The Hall–Kier alpha value is -1.16. The monoisotopic (exact) mass is 182 g/mol. The van der Waals surface area contributed by atoms with Crippen LogP contribution in [0.1, 0.15) is 17.0 Å². The molecule has 0 aliphatic heterocycles. The van der Waals surface area contributed by atoms with Gasteiger partial charge in [-0.2, -0.15) is 0 Å². The van der Waals surface area contributed by atoms with Crippen molar-refractivity contribution in [2.45, 2.75) is 20.3 Å². The molecule has 0 radical (unpaired) electrons. The molecule has 1 heterocycles. The van der Waals surface area contributed by atoms with Gasteiger partial charge in [-0.05, 0) is 25.8 Å². The molecule has 0 aliphatic carbocycles. The lowest BCUT2D eigenvalue weighted by molar-refractivity contribution is 0.298. The van der Waals surface area contributed by atoms with E-state index in [-0.39, 0.29) is 6.61 Å². The summed E-state index contributed by atoms with van der Waals surface area (Å²) in [4.78, 5) is 8.25. The van der Waals surface area contributed by atoms with E-state index in [0.29, 0.717) is 12.4 Å². The summed E-state index contributed by atoms with van der Waals surface area (Å²) in [5.74, 6) is 0. The van der Waals surface area contributed by atoms with Crippen LogP contribution in [-0.4, -0.2) is 28.8 Å². The Morgan fingerprint density at radius 2 is 1.77 bits per heavy atom. The standard InChI is InChI=1S/C9H14N2O2/c1-6-8(4-5-12)7(2)11-9(10-6)13-3/h12H,4-5H2,1-3H3. The maximum atomic E-state index is 8.81. The first kappa shape index (κ1) is 9.92. The van der Waals surface area contributed by atoms with E-state index < -0.39 is 0 Å². The van der Waals surface area contributed by atoms with Crippen LogP contribution < -0.4 is 4.74 Å². The van der Waals surface area contributed by atoms with Crippen LogP contribution in [-0.2, 0) is 6.42 Å². The molecule has 0 unspecified atom stereocenters. The quantitative estimate of drug-likeness (QED) is 0.745. The molecule has 0 atom stereocenters. The van der Waals surface area contributed by atoms with Gasteiger partial charge in [0.05, 0.1) is 7.11 Å². The van der Waals surface area contributed by atoms with Gasteiger partial charge in [0.1, 0.15) is 0 Å². The number of ether oxygens (including phenoxy) is 1. The lowest BCUT2D eigenvalue weighted by Gasteiger charge is -2.08. The van der Waals surface area contributed by atoms with Crippen molar-refractivity contribution in [2.75, 3.05) is 13.7 Å². The van der Waals surface area contributed by atoms with E-state index in [1.165, 1.54) is 0 Å². The predicted molar refractivity (Wildman–Crippen MR) is 48.8 cm³/mol. The minimum atomic E-state index is 0.122. The topological polar surface area (TPSA) is 55.2 Å². The molecule has 1 N–H and O–H groups in total. The first-order valence-electron chi connectivity index (χ1n) is 4.18. The van der Waals surface area contributed by atoms with E-state index in [4.69, 9.17) is 9.84 Å². The van der Waals surface area contributed by atoms with Crippen molar-refractivity contribution in [3.8, 4) is 6.01 Å². The van der Waals surface area contributed by atoms with Crippen molar-refractivity contribution in [1.29, 1.82) is 0 Å². The van der Waals surface area contributed by atoms with Gasteiger partial charge < -0.3 is 9.84 Å². The Morgan fingerprint density at radius 1 is 1.23 bits per heavy atom. The van der Waals surface area contributed by atoms with E-state index in [1.54, 1.807) is 7.11 Å². The minimum absolute atomic E-state index is 0.122. The van der Waals surface area contributed by atoms with Crippen LogP contribution in [0.15, 0.2) is 0 Å². The highest BCUT2D eigenvalue weighted by atomic mass is 16.5. The van der Waals surface area contributed by atoms with E-state index in [2.05, 4.69) is 9.97 Å². The van der Waals surface area contributed by atoms with Gasteiger partial charge in [-0.15, -0.1) is 0 Å². The molecule has 0 aliphatic rings. The molecule has 4 nitrogen and oxygen atoms in total. The van der Waals surface area contributed by atoms with Crippen molar-refractivity contribution in [2.24, 2.45) is 0 Å². The van der Waals surface area contributed by atoms with Crippen molar-refractivity contribution in [3.05, 3.63) is 17.0 Å². The minimum Gasteiger partial charge on any atom is -0.467 e. The van der Waals surface area contributed by atoms with Crippen LogP contribution in [0.25, 0.3) is 0 Å². The maximum absolute atomic E-state index is 8.81. The largest absolute Gasteiger partial charge is 0.467 e. The third kappa shape index (κ3) is 2.15. The van der Waals surface area contributed by atoms with Crippen LogP contribution in [0.2, 0.25) is 0 Å². The zero-order valence-electron chi connectivity index (χ0n) is 8.16. The molecule has 1 aromatic rings. The predicted octanol–water partition coefficient (Wildman–Crippen LogP) is 0.637. The Labute approximate surface area is 77.6 Å². The maximum Gasteiger partial charge on any atom is 0.316 e. The Balaban J connectivity index is 3.07. The van der Waals surface area contributed by atoms with E-state index in [9.17, 15) is 0 Å². The number of hydrogen-bond donors (Lipinski definition) is 1. The van der Waals surface area contributed by atoms with Crippen LogP contribution >= 0.6 is 0 Å². The van der Waals surface area contributed by atoms with Crippen molar-refractivity contribution >= 4 is 0 Å². The summed E-state index contributed by atoms with van der Waals surface area (Å²) in [6.45, 7) is 3.90. The van der Waals surface area contributed by atoms with E-state index in [0.717, 1.165) is 17.0 Å². The van der Waals surface area contributed by atoms with Crippen LogP contribution in [0.3, 0.4) is 0 Å². The molecule has 0 bridgehead atoms. The van der Waals surface area contributed by atoms with Gasteiger partial charge in [0.15, 0.2) is 0 Å².